The molecule has 1 aromatic carbocycles. The Morgan fingerprint density at radius 3 is 3.00 bits per heavy atom. The Labute approximate surface area is 119 Å². The molecule has 1 aromatic heterocycles. The molecule has 9 nitrogen and oxygen atoms in total. The van der Waals surface area contributed by atoms with Crippen molar-refractivity contribution < 1.29 is 14.3 Å². The number of carbonyl (C=O) groups excluding carboxylic acids is 2. The molecule has 2 heterocycles. The number of benzene rings is 1. The average molecular weight is 288 g/mol. The SMILES string of the molecule is Cn1nnc(NC(=O)CN2Cc3ccccc3OC2=O)n1. The number of aryl methyl sites for hydroxylation is 1. The highest BCUT2D eigenvalue weighted by atomic mass is 16.6. The Morgan fingerprint density at radius 1 is 1.43 bits per heavy atom. The minimum absolute atomic E-state index is 0.0910. The number of carbonyl (C=O) groups is 2. The van der Waals surface area contributed by atoms with Crippen molar-refractivity contribution in [3.05, 3.63) is 29.8 Å². The fourth-order valence-corrected chi connectivity index (χ4v) is 1.96. The van der Waals surface area contributed by atoms with Crippen molar-refractivity contribution in [1.82, 2.24) is 25.1 Å². The second-order valence-electron chi connectivity index (χ2n) is 4.48. The molecule has 0 radical (unpaired) electrons. The maximum Gasteiger partial charge on any atom is 0.416 e. The van der Waals surface area contributed by atoms with Crippen LogP contribution in [0, 0.1) is 0 Å². The van der Waals surface area contributed by atoms with Crippen molar-refractivity contribution in [1.29, 1.82) is 0 Å². The number of anilines is 1. The Kier molecular flexibility index (Phi) is 3.22. The number of para-hydroxylation sites is 1. The number of nitrogens with zero attached hydrogens (tertiary/aromatic N) is 5. The summed E-state index contributed by atoms with van der Waals surface area (Å²) in [6, 6.07) is 7.19. The van der Waals surface area contributed by atoms with E-state index in [1.54, 1.807) is 19.2 Å². The van der Waals surface area contributed by atoms with Crippen LogP contribution in [0.4, 0.5) is 10.7 Å². The zero-order valence-corrected chi connectivity index (χ0v) is 11.2. The Morgan fingerprint density at radius 2 is 2.24 bits per heavy atom. The summed E-state index contributed by atoms with van der Waals surface area (Å²) in [4.78, 5) is 26.2. The topological polar surface area (TPSA) is 102 Å². The molecular formula is C12H12N6O3. The van der Waals surface area contributed by atoms with Gasteiger partial charge >= 0.3 is 6.09 Å². The van der Waals surface area contributed by atoms with Gasteiger partial charge in [0.05, 0.1) is 13.6 Å². The molecule has 1 N–H and O–H groups in total. The van der Waals surface area contributed by atoms with Gasteiger partial charge in [0, 0.05) is 5.56 Å². The molecule has 0 aliphatic carbocycles. The Bertz CT molecular complexity index is 698. The van der Waals surface area contributed by atoms with Crippen LogP contribution in [-0.4, -0.2) is 43.7 Å². The van der Waals surface area contributed by atoms with Gasteiger partial charge in [-0.25, -0.2) is 4.79 Å². The third-order valence-electron chi connectivity index (χ3n) is 2.88. The summed E-state index contributed by atoms with van der Waals surface area (Å²) in [6.07, 6.45) is -0.559. The average Bonchev–Trinajstić information content (AvgIpc) is 2.85. The molecule has 0 saturated carbocycles. The lowest BCUT2D eigenvalue weighted by molar-refractivity contribution is -0.117. The van der Waals surface area contributed by atoms with Crippen molar-refractivity contribution in [3.8, 4) is 5.75 Å². The van der Waals surface area contributed by atoms with Gasteiger partial charge in [0.2, 0.25) is 5.91 Å². The molecule has 0 bridgehead atoms. The smallest absolute Gasteiger partial charge is 0.410 e. The molecule has 1 aliphatic heterocycles. The first-order chi connectivity index (χ1) is 10.1. The van der Waals surface area contributed by atoms with E-state index in [0.29, 0.717) is 12.3 Å². The number of tetrazole rings is 1. The van der Waals surface area contributed by atoms with Crippen LogP contribution in [0.3, 0.4) is 0 Å². The van der Waals surface area contributed by atoms with E-state index in [1.165, 1.54) is 9.70 Å². The second kappa shape index (κ2) is 5.19. The highest BCUT2D eigenvalue weighted by Crippen LogP contribution is 2.25. The van der Waals surface area contributed by atoms with Gasteiger partial charge in [-0.05, 0) is 11.3 Å². The Balaban J connectivity index is 1.65. The first kappa shape index (κ1) is 13.0. The number of nitrogens with one attached hydrogen (secondary N) is 1. The highest BCUT2D eigenvalue weighted by Gasteiger charge is 2.26. The second-order valence-corrected chi connectivity index (χ2v) is 4.48. The van der Waals surface area contributed by atoms with Crippen LogP contribution in [0.1, 0.15) is 5.56 Å². The molecule has 0 unspecified atom stereocenters. The molecule has 21 heavy (non-hydrogen) atoms. The van der Waals surface area contributed by atoms with Crippen molar-refractivity contribution >= 4 is 17.9 Å². The molecule has 0 fully saturated rings. The summed E-state index contributed by atoms with van der Waals surface area (Å²) in [5.41, 5.74) is 0.850. The van der Waals surface area contributed by atoms with Gasteiger partial charge in [-0.15, -0.1) is 5.10 Å². The van der Waals surface area contributed by atoms with Gasteiger partial charge < -0.3 is 4.74 Å². The van der Waals surface area contributed by atoms with Gasteiger partial charge in [-0.3, -0.25) is 15.0 Å². The van der Waals surface area contributed by atoms with E-state index in [9.17, 15) is 9.59 Å². The minimum atomic E-state index is -0.559. The number of fused-ring (bicyclic) bond motifs is 1. The summed E-state index contributed by atoms with van der Waals surface area (Å²) in [7, 11) is 1.58. The van der Waals surface area contributed by atoms with Crippen molar-refractivity contribution in [2.45, 2.75) is 6.54 Å². The van der Waals surface area contributed by atoms with Gasteiger partial charge in [-0.1, -0.05) is 23.3 Å². The zero-order chi connectivity index (χ0) is 14.8. The molecule has 3 rings (SSSR count). The van der Waals surface area contributed by atoms with Gasteiger partial charge in [-0.2, -0.15) is 4.80 Å². The molecule has 9 heteroatoms. The number of rotatable bonds is 3. The lowest BCUT2D eigenvalue weighted by atomic mass is 10.1. The molecule has 2 amide bonds. The van der Waals surface area contributed by atoms with E-state index in [0.717, 1.165) is 5.56 Å². The summed E-state index contributed by atoms with van der Waals surface area (Å²) in [5.74, 6) is 0.197. The third kappa shape index (κ3) is 2.81. The number of amides is 2. The maximum absolute atomic E-state index is 11.9. The molecular weight excluding hydrogens is 276 g/mol. The maximum atomic E-state index is 11.9. The number of aromatic nitrogens is 4. The first-order valence-electron chi connectivity index (χ1n) is 6.20. The standard InChI is InChI=1S/C12H12N6O3/c1-17-15-11(14-16-17)13-10(19)7-18-6-8-4-2-3-5-9(8)21-12(18)20/h2-5H,6-7H2,1H3,(H,13,15,19). The molecule has 0 saturated heterocycles. The van der Waals surface area contributed by atoms with Gasteiger partial charge in [0.1, 0.15) is 12.3 Å². The largest absolute Gasteiger partial charge is 0.416 e. The number of ether oxygens (including phenoxy) is 1. The van der Waals surface area contributed by atoms with Crippen molar-refractivity contribution in [3.63, 3.8) is 0 Å². The van der Waals surface area contributed by atoms with Gasteiger partial charge in [0.15, 0.2) is 0 Å². The van der Waals surface area contributed by atoms with Crippen molar-refractivity contribution in [2.24, 2.45) is 7.05 Å². The predicted molar refractivity (Wildman–Crippen MR) is 70.3 cm³/mol. The van der Waals surface area contributed by atoms with Crippen LogP contribution in [0.5, 0.6) is 5.75 Å². The van der Waals surface area contributed by atoms with Crippen LogP contribution in [0.25, 0.3) is 0 Å². The van der Waals surface area contributed by atoms with Crippen LogP contribution in [-0.2, 0) is 18.4 Å². The van der Waals surface area contributed by atoms with E-state index in [2.05, 4.69) is 20.7 Å². The van der Waals surface area contributed by atoms with Crippen LogP contribution < -0.4 is 10.1 Å². The fraction of sp³-hybridized carbons (Fsp3) is 0.250. The monoisotopic (exact) mass is 288 g/mol. The highest BCUT2D eigenvalue weighted by molar-refractivity contribution is 5.92. The molecule has 108 valence electrons. The number of hydrogen-bond acceptors (Lipinski definition) is 6. The van der Waals surface area contributed by atoms with Crippen molar-refractivity contribution in [2.75, 3.05) is 11.9 Å². The lowest BCUT2D eigenvalue weighted by Crippen LogP contribution is -2.41. The number of hydrogen-bond donors (Lipinski definition) is 1. The fourth-order valence-electron chi connectivity index (χ4n) is 1.96. The summed E-state index contributed by atoms with van der Waals surface area (Å²) >= 11 is 0. The summed E-state index contributed by atoms with van der Waals surface area (Å²) in [5, 5.41) is 13.5. The van der Waals surface area contributed by atoms with E-state index in [4.69, 9.17) is 4.74 Å². The van der Waals surface area contributed by atoms with Crippen LogP contribution in [0.15, 0.2) is 24.3 Å². The lowest BCUT2D eigenvalue weighted by Gasteiger charge is -2.27. The summed E-state index contributed by atoms with van der Waals surface area (Å²) < 4.78 is 5.16. The summed E-state index contributed by atoms with van der Waals surface area (Å²) in [6.45, 7) is 0.168. The van der Waals surface area contributed by atoms with E-state index in [-0.39, 0.29) is 12.5 Å². The van der Waals surface area contributed by atoms with Gasteiger partial charge in [0.25, 0.3) is 5.95 Å². The first-order valence-corrected chi connectivity index (χ1v) is 6.20. The molecule has 0 atom stereocenters. The van der Waals surface area contributed by atoms with Crippen LogP contribution >= 0.6 is 0 Å². The van der Waals surface area contributed by atoms with E-state index in [1.807, 2.05) is 12.1 Å². The minimum Gasteiger partial charge on any atom is -0.410 e. The Hall–Kier alpha value is -2.97. The van der Waals surface area contributed by atoms with E-state index < -0.39 is 12.0 Å². The third-order valence-corrected chi connectivity index (χ3v) is 2.88. The normalized spacial score (nSPS) is 13.6. The van der Waals surface area contributed by atoms with Crippen LogP contribution in [0.2, 0.25) is 0 Å². The molecule has 2 aromatic rings. The molecule has 1 aliphatic rings. The molecule has 0 spiro atoms. The zero-order valence-electron chi connectivity index (χ0n) is 11.2. The quantitative estimate of drug-likeness (QED) is 0.863. The predicted octanol–water partition coefficient (Wildman–Crippen LogP) is 0.163. The van der Waals surface area contributed by atoms with E-state index >= 15 is 0 Å².